The standard InChI is InChI=1S/C17H24F4N2/c1-3-4-12(2)16(23-9-7-22-8-10-23)13-5-6-15(18)14(11-13)17(19,20)21/h5-6,11-12,16,22H,3-4,7-10H2,1-2H3/t12?,16-/m0/s1. The summed E-state index contributed by atoms with van der Waals surface area (Å²) in [4.78, 5) is 2.21. The molecule has 130 valence electrons. The van der Waals surface area contributed by atoms with E-state index < -0.39 is 17.6 Å². The highest BCUT2D eigenvalue weighted by atomic mass is 19.4. The third-order valence-electron chi connectivity index (χ3n) is 4.47. The third kappa shape index (κ3) is 4.44. The van der Waals surface area contributed by atoms with Gasteiger partial charge in [-0.3, -0.25) is 4.90 Å². The van der Waals surface area contributed by atoms with Crippen LogP contribution in [0.2, 0.25) is 0 Å². The highest BCUT2D eigenvalue weighted by Gasteiger charge is 2.36. The van der Waals surface area contributed by atoms with Crippen LogP contribution < -0.4 is 5.32 Å². The Morgan fingerprint density at radius 2 is 1.87 bits per heavy atom. The number of hydrogen-bond acceptors (Lipinski definition) is 2. The minimum absolute atomic E-state index is 0.112. The van der Waals surface area contributed by atoms with Gasteiger partial charge >= 0.3 is 6.18 Å². The number of nitrogens with one attached hydrogen (secondary N) is 1. The van der Waals surface area contributed by atoms with Crippen LogP contribution in [0.5, 0.6) is 0 Å². The summed E-state index contributed by atoms with van der Waals surface area (Å²) in [7, 11) is 0. The second-order valence-corrected chi connectivity index (χ2v) is 6.23. The van der Waals surface area contributed by atoms with E-state index in [1.807, 2.05) is 0 Å². The predicted molar refractivity (Wildman–Crippen MR) is 82.7 cm³/mol. The van der Waals surface area contributed by atoms with Gasteiger partial charge in [-0.25, -0.2) is 4.39 Å². The molecular weight excluding hydrogens is 308 g/mol. The molecule has 0 amide bonds. The van der Waals surface area contributed by atoms with Crippen molar-refractivity contribution in [2.75, 3.05) is 26.2 Å². The lowest BCUT2D eigenvalue weighted by molar-refractivity contribution is -0.140. The zero-order chi connectivity index (χ0) is 17.0. The summed E-state index contributed by atoms with van der Waals surface area (Å²) in [6.07, 6.45) is -2.77. The van der Waals surface area contributed by atoms with Crippen LogP contribution in [0.4, 0.5) is 17.6 Å². The Morgan fingerprint density at radius 3 is 2.43 bits per heavy atom. The van der Waals surface area contributed by atoms with Gasteiger partial charge in [-0.2, -0.15) is 13.2 Å². The molecule has 23 heavy (non-hydrogen) atoms. The van der Waals surface area contributed by atoms with E-state index >= 15 is 0 Å². The van der Waals surface area contributed by atoms with Crippen LogP contribution in [0.1, 0.15) is 43.9 Å². The molecule has 1 unspecified atom stereocenters. The van der Waals surface area contributed by atoms with E-state index in [-0.39, 0.29) is 12.0 Å². The second-order valence-electron chi connectivity index (χ2n) is 6.23. The number of alkyl halides is 3. The molecule has 0 aliphatic carbocycles. The van der Waals surface area contributed by atoms with Crippen molar-refractivity contribution in [1.29, 1.82) is 0 Å². The molecule has 2 nitrogen and oxygen atoms in total. The Balaban J connectivity index is 2.38. The molecule has 1 aromatic rings. The van der Waals surface area contributed by atoms with Crippen LogP contribution in [-0.4, -0.2) is 31.1 Å². The van der Waals surface area contributed by atoms with Crippen molar-refractivity contribution in [3.8, 4) is 0 Å². The molecule has 1 aliphatic rings. The molecule has 1 aliphatic heterocycles. The van der Waals surface area contributed by atoms with Gasteiger partial charge in [-0.15, -0.1) is 0 Å². The third-order valence-corrected chi connectivity index (χ3v) is 4.47. The van der Waals surface area contributed by atoms with Gasteiger partial charge in [-0.1, -0.05) is 26.3 Å². The smallest absolute Gasteiger partial charge is 0.314 e. The van der Waals surface area contributed by atoms with Gasteiger partial charge < -0.3 is 5.32 Å². The molecule has 1 N–H and O–H groups in total. The highest BCUT2D eigenvalue weighted by molar-refractivity contribution is 5.30. The van der Waals surface area contributed by atoms with Crippen molar-refractivity contribution < 1.29 is 17.6 Å². The zero-order valence-electron chi connectivity index (χ0n) is 13.6. The van der Waals surface area contributed by atoms with E-state index in [1.165, 1.54) is 6.07 Å². The van der Waals surface area contributed by atoms with Gasteiger partial charge in [-0.05, 0) is 30.0 Å². The van der Waals surface area contributed by atoms with Gasteiger partial charge in [0.2, 0.25) is 0 Å². The highest BCUT2D eigenvalue weighted by Crippen LogP contribution is 2.37. The minimum atomic E-state index is -4.66. The summed E-state index contributed by atoms with van der Waals surface area (Å²) in [5, 5.41) is 3.26. The number of nitrogens with zero attached hydrogens (tertiary/aromatic N) is 1. The van der Waals surface area contributed by atoms with Crippen molar-refractivity contribution in [3.05, 3.63) is 35.1 Å². The number of halogens is 4. The largest absolute Gasteiger partial charge is 0.419 e. The maximum absolute atomic E-state index is 13.6. The van der Waals surface area contributed by atoms with Crippen molar-refractivity contribution in [2.45, 2.75) is 38.9 Å². The average molecular weight is 332 g/mol. The van der Waals surface area contributed by atoms with Crippen LogP contribution >= 0.6 is 0 Å². The summed E-state index contributed by atoms with van der Waals surface area (Å²) < 4.78 is 52.6. The fourth-order valence-electron chi connectivity index (χ4n) is 3.42. The minimum Gasteiger partial charge on any atom is -0.314 e. The number of piperazine rings is 1. The Kier molecular flexibility index (Phi) is 6.03. The summed E-state index contributed by atoms with van der Waals surface area (Å²) in [5.41, 5.74) is -0.611. The molecule has 1 aromatic carbocycles. The summed E-state index contributed by atoms with van der Waals surface area (Å²) >= 11 is 0. The first kappa shape index (κ1) is 18.2. The maximum atomic E-state index is 13.6. The first-order valence-corrected chi connectivity index (χ1v) is 8.16. The van der Waals surface area contributed by atoms with E-state index in [0.717, 1.165) is 51.2 Å². The van der Waals surface area contributed by atoms with Crippen LogP contribution in [0.25, 0.3) is 0 Å². The van der Waals surface area contributed by atoms with E-state index in [9.17, 15) is 17.6 Å². The lowest BCUT2D eigenvalue weighted by atomic mass is 9.88. The van der Waals surface area contributed by atoms with Crippen LogP contribution in [-0.2, 0) is 6.18 Å². The summed E-state index contributed by atoms with van der Waals surface area (Å²) in [5.74, 6) is -0.992. The molecule has 0 spiro atoms. The van der Waals surface area contributed by atoms with Gasteiger partial charge in [0.25, 0.3) is 0 Å². The first-order chi connectivity index (χ1) is 10.8. The monoisotopic (exact) mass is 332 g/mol. The second kappa shape index (κ2) is 7.62. The molecule has 0 radical (unpaired) electrons. The molecule has 2 atom stereocenters. The maximum Gasteiger partial charge on any atom is 0.419 e. The fraction of sp³-hybridized carbons (Fsp3) is 0.647. The molecule has 0 bridgehead atoms. The van der Waals surface area contributed by atoms with Gasteiger partial charge in [0.05, 0.1) is 5.56 Å². The number of hydrogen-bond donors (Lipinski definition) is 1. The Labute approximate surface area is 134 Å². The molecule has 6 heteroatoms. The molecular formula is C17H24F4N2. The van der Waals surface area contributed by atoms with Crippen molar-refractivity contribution >= 4 is 0 Å². The van der Waals surface area contributed by atoms with E-state index in [1.54, 1.807) is 0 Å². The van der Waals surface area contributed by atoms with Crippen LogP contribution in [0, 0.1) is 11.7 Å². The quantitative estimate of drug-likeness (QED) is 0.812. The molecule has 1 heterocycles. The van der Waals surface area contributed by atoms with Gasteiger partial charge in [0.1, 0.15) is 5.82 Å². The molecule has 1 fully saturated rings. The average Bonchev–Trinajstić information content (AvgIpc) is 2.49. The van der Waals surface area contributed by atoms with Gasteiger partial charge in [0.15, 0.2) is 0 Å². The molecule has 0 saturated carbocycles. The normalized spacial score (nSPS) is 19.6. The van der Waals surface area contributed by atoms with Crippen LogP contribution in [0.15, 0.2) is 18.2 Å². The summed E-state index contributed by atoms with van der Waals surface area (Å²) in [6.45, 7) is 7.35. The Morgan fingerprint density at radius 1 is 1.22 bits per heavy atom. The molecule has 0 aromatic heterocycles. The van der Waals surface area contributed by atoms with Crippen molar-refractivity contribution in [2.24, 2.45) is 5.92 Å². The number of benzene rings is 1. The van der Waals surface area contributed by atoms with Crippen molar-refractivity contribution in [1.82, 2.24) is 10.2 Å². The summed E-state index contributed by atoms with van der Waals surface area (Å²) in [6, 6.07) is 3.34. The fourth-order valence-corrected chi connectivity index (χ4v) is 3.42. The topological polar surface area (TPSA) is 15.3 Å². The molecule has 1 saturated heterocycles. The SMILES string of the molecule is CCCC(C)[C@@H](c1ccc(F)c(C(F)(F)F)c1)N1CCNCC1. The van der Waals surface area contributed by atoms with Crippen LogP contribution in [0.3, 0.4) is 0 Å². The Hall–Kier alpha value is -1.14. The zero-order valence-corrected chi connectivity index (χ0v) is 13.6. The molecule has 2 rings (SSSR count). The predicted octanol–water partition coefficient (Wildman–Crippen LogP) is 4.23. The van der Waals surface area contributed by atoms with E-state index in [0.29, 0.717) is 5.56 Å². The number of rotatable bonds is 5. The Bertz CT molecular complexity index is 510. The lowest BCUT2D eigenvalue weighted by Crippen LogP contribution is -2.46. The lowest BCUT2D eigenvalue weighted by Gasteiger charge is -2.39. The van der Waals surface area contributed by atoms with Gasteiger partial charge in [0, 0.05) is 32.2 Å². The van der Waals surface area contributed by atoms with E-state index in [4.69, 9.17) is 0 Å². The van der Waals surface area contributed by atoms with E-state index in [2.05, 4.69) is 24.1 Å². The first-order valence-electron chi connectivity index (χ1n) is 8.16. The van der Waals surface area contributed by atoms with Crippen molar-refractivity contribution in [3.63, 3.8) is 0 Å².